The number of aliphatic imine (C=N–C) groups is 1. The topological polar surface area (TPSA) is 39.7 Å². The lowest BCUT2D eigenvalue weighted by Gasteiger charge is -2.15. The first-order valence-corrected chi connectivity index (χ1v) is 9.60. The van der Waals surface area contributed by atoms with E-state index in [1.807, 2.05) is 0 Å². The summed E-state index contributed by atoms with van der Waals surface area (Å²) in [6.45, 7) is 10.9. The Bertz CT molecular complexity index is 472. The monoisotopic (exact) mass is 330 g/mol. The maximum Gasteiger partial charge on any atom is 0.191 e. The number of hydrogen-bond donors (Lipinski definition) is 2. The van der Waals surface area contributed by atoms with E-state index in [1.165, 1.54) is 38.0 Å². The smallest absolute Gasteiger partial charge is 0.191 e. The van der Waals surface area contributed by atoms with Crippen LogP contribution in [0.5, 0.6) is 0 Å². The van der Waals surface area contributed by atoms with Gasteiger partial charge in [-0.15, -0.1) is 0 Å². The molecule has 1 aliphatic heterocycles. The summed E-state index contributed by atoms with van der Waals surface area (Å²) in [5.41, 5.74) is 1.41. The van der Waals surface area contributed by atoms with Crippen LogP contribution in [0.2, 0.25) is 0 Å². The Hall–Kier alpha value is -1.55. The summed E-state index contributed by atoms with van der Waals surface area (Å²) in [7, 11) is 0. The molecular weight excluding hydrogens is 296 g/mol. The van der Waals surface area contributed by atoms with Crippen molar-refractivity contribution in [1.82, 2.24) is 15.5 Å². The normalized spacial score (nSPS) is 18.8. The summed E-state index contributed by atoms with van der Waals surface area (Å²) in [6, 6.07) is 10.7. The second-order valence-electron chi connectivity index (χ2n) is 6.69. The highest BCUT2D eigenvalue weighted by atomic mass is 15.2. The van der Waals surface area contributed by atoms with E-state index in [2.05, 4.69) is 59.7 Å². The first kappa shape index (κ1) is 18.8. The SMILES string of the molecule is CCCN1CCC(CN=C(NCC)NCCCc2ccccc2)C1. The first-order chi connectivity index (χ1) is 11.8. The van der Waals surface area contributed by atoms with Gasteiger partial charge in [0.2, 0.25) is 0 Å². The van der Waals surface area contributed by atoms with Crippen LogP contribution in [0, 0.1) is 5.92 Å². The molecule has 1 aromatic rings. The Morgan fingerprint density at radius 3 is 2.79 bits per heavy atom. The van der Waals surface area contributed by atoms with E-state index in [0.29, 0.717) is 0 Å². The molecule has 24 heavy (non-hydrogen) atoms. The van der Waals surface area contributed by atoms with E-state index in [-0.39, 0.29) is 0 Å². The molecule has 4 nitrogen and oxygen atoms in total. The summed E-state index contributed by atoms with van der Waals surface area (Å²) in [5.74, 6) is 1.69. The zero-order valence-electron chi connectivity index (χ0n) is 15.4. The van der Waals surface area contributed by atoms with Gasteiger partial charge in [0.25, 0.3) is 0 Å². The van der Waals surface area contributed by atoms with Gasteiger partial charge in [0.15, 0.2) is 5.96 Å². The summed E-state index contributed by atoms with van der Waals surface area (Å²) in [4.78, 5) is 7.37. The standard InChI is InChI=1S/C20H34N4/c1-3-14-24-15-12-19(17-24)16-23-20(21-4-2)22-13-8-11-18-9-6-5-7-10-18/h5-7,9-10,19H,3-4,8,11-17H2,1-2H3,(H2,21,22,23). The summed E-state index contributed by atoms with van der Waals surface area (Å²) in [6.07, 6.45) is 4.78. The molecule has 1 aromatic carbocycles. The highest BCUT2D eigenvalue weighted by Gasteiger charge is 2.21. The fourth-order valence-corrected chi connectivity index (χ4v) is 3.29. The summed E-state index contributed by atoms with van der Waals surface area (Å²) in [5, 5.41) is 6.84. The molecule has 0 bridgehead atoms. The third-order valence-electron chi connectivity index (χ3n) is 4.54. The first-order valence-electron chi connectivity index (χ1n) is 9.60. The molecule has 0 amide bonds. The van der Waals surface area contributed by atoms with Gasteiger partial charge in [-0.3, -0.25) is 4.99 Å². The lowest BCUT2D eigenvalue weighted by atomic mass is 10.1. The number of guanidine groups is 1. The van der Waals surface area contributed by atoms with Crippen LogP contribution in [0.1, 0.15) is 38.7 Å². The number of nitrogens with zero attached hydrogens (tertiary/aromatic N) is 2. The van der Waals surface area contributed by atoms with Crippen molar-refractivity contribution in [1.29, 1.82) is 0 Å². The van der Waals surface area contributed by atoms with Crippen LogP contribution in [-0.2, 0) is 6.42 Å². The molecule has 2 N–H and O–H groups in total. The number of rotatable bonds is 9. The van der Waals surface area contributed by atoms with Crippen molar-refractivity contribution < 1.29 is 0 Å². The van der Waals surface area contributed by atoms with Gasteiger partial charge in [0.1, 0.15) is 0 Å². The van der Waals surface area contributed by atoms with Crippen LogP contribution >= 0.6 is 0 Å². The third kappa shape index (κ3) is 6.91. The van der Waals surface area contributed by atoms with Gasteiger partial charge >= 0.3 is 0 Å². The molecule has 1 unspecified atom stereocenters. The van der Waals surface area contributed by atoms with Crippen molar-refractivity contribution in [2.24, 2.45) is 10.9 Å². The molecule has 0 radical (unpaired) electrons. The van der Waals surface area contributed by atoms with Crippen molar-refractivity contribution >= 4 is 5.96 Å². The van der Waals surface area contributed by atoms with Gasteiger partial charge in [-0.25, -0.2) is 0 Å². The lowest BCUT2D eigenvalue weighted by molar-refractivity contribution is 0.326. The van der Waals surface area contributed by atoms with E-state index in [1.54, 1.807) is 0 Å². The second-order valence-corrected chi connectivity index (χ2v) is 6.69. The lowest BCUT2D eigenvalue weighted by Crippen LogP contribution is -2.38. The number of aryl methyl sites for hydroxylation is 1. The van der Waals surface area contributed by atoms with Gasteiger partial charge in [-0.2, -0.15) is 0 Å². The minimum absolute atomic E-state index is 0.719. The molecule has 1 saturated heterocycles. The van der Waals surface area contributed by atoms with Crippen molar-refractivity contribution in [3.63, 3.8) is 0 Å². The van der Waals surface area contributed by atoms with Gasteiger partial charge < -0.3 is 15.5 Å². The number of likely N-dealkylation sites (tertiary alicyclic amines) is 1. The summed E-state index contributed by atoms with van der Waals surface area (Å²) < 4.78 is 0. The highest BCUT2D eigenvalue weighted by Crippen LogP contribution is 2.16. The maximum atomic E-state index is 4.80. The molecule has 1 heterocycles. The van der Waals surface area contributed by atoms with E-state index < -0.39 is 0 Å². The molecule has 0 saturated carbocycles. The Kier molecular flexibility index (Phi) is 8.67. The molecule has 0 aliphatic carbocycles. The number of hydrogen-bond acceptors (Lipinski definition) is 2. The van der Waals surface area contributed by atoms with Crippen molar-refractivity contribution in [3.05, 3.63) is 35.9 Å². The van der Waals surface area contributed by atoms with Crippen molar-refractivity contribution in [3.8, 4) is 0 Å². The summed E-state index contributed by atoms with van der Waals surface area (Å²) >= 11 is 0. The minimum Gasteiger partial charge on any atom is -0.357 e. The van der Waals surface area contributed by atoms with Crippen LogP contribution in [0.25, 0.3) is 0 Å². The quantitative estimate of drug-likeness (QED) is 0.415. The predicted octanol–water partition coefficient (Wildman–Crippen LogP) is 2.91. The average molecular weight is 331 g/mol. The molecule has 1 aliphatic rings. The van der Waals surface area contributed by atoms with E-state index in [4.69, 9.17) is 4.99 Å². The van der Waals surface area contributed by atoms with Gasteiger partial charge in [-0.05, 0) is 57.2 Å². The van der Waals surface area contributed by atoms with Gasteiger partial charge in [0.05, 0.1) is 0 Å². The second kappa shape index (κ2) is 11.1. The van der Waals surface area contributed by atoms with Crippen LogP contribution in [0.3, 0.4) is 0 Å². The van der Waals surface area contributed by atoms with Gasteiger partial charge in [0, 0.05) is 26.2 Å². The van der Waals surface area contributed by atoms with Crippen molar-refractivity contribution in [2.45, 2.75) is 39.5 Å². The third-order valence-corrected chi connectivity index (χ3v) is 4.54. The van der Waals surface area contributed by atoms with Crippen LogP contribution < -0.4 is 10.6 Å². The largest absolute Gasteiger partial charge is 0.357 e. The zero-order valence-corrected chi connectivity index (χ0v) is 15.4. The Labute approximate surface area is 147 Å². The molecule has 4 heteroatoms. The van der Waals surface area contributed by atoms with E-state index >= 15 is 0 Å². The fourth-order valence-electron chi connectivity index (χ4n) is 3.29. The van der Waals surface area contributed by atoms with Crippen molar-refractivity contribution in [2.75, 3.05) is 39.3 Å². The molecule has 1 atom stereocenters. The maximum absolute atomic E-state index is 4.80. The molecular formula is C20H34N4. The van der Waals surface area contributed by atoms with Crippen LogP contribution in [-0.4, -0.2) is 50.1 Å². The Morgan fingerprint density at radius 1 is 1.21 bits per heavy atom. The fraction of sp³-hybridized carbons (Fsp3) is 0.650. The molecule has 1 fully saturated rings. The van der Waals surface area contributed by atoms with Gasteiger partial charge in [-0.1, -0.05) is 37.3 Å². The Balaban J connectivity index is 1.68. The van der Waals surface area contributed by atoms with E-state index in [9.17, 15) is 0 Å². The minimum atomic E-state index is 0.719. The van der Waals surface area contributed by atoms with Crippen LogP contribution in [0.15, 0.2) is 35.3 Å². The molecule has 134 valence electrons. The number of nitrogens with one attached hydrogen (secondary N) is 2. The number of benzene rings is 1. The molecule has 0 aromatic heterocycles. The Morgan fingerprint density at radius 2 is 2.04 bits per heavy atom. The molecule has 0 spiro atoms. The average Bonchev–Trinajstić information content (AvgIpc) is 3.05. The highest BCUT2D eigenvalue weighted by molar-refractivity contribution is 5.79. The predicted molar refractivity (Wildman–Crippen MR) is 104 cm³/mol. The van der Waals surface area contributed by atoms with E-state index in [0.717, 1.165) is 44.4 Å². The zero-order chi connectivity index (χ0) is 17.0. The van der Waals surface area contributed by atoms with Crippen LogP contribution in [0.4, 0.5) is 0 Å². The molecule has 2 rings (SSSR count).